The van der Waals surface area contributed by atoms with Crippen LogP contribution in [0.1, 0.15) is 60.3 Å². The summed E-state index contributed by atoms with van der Waals surface area (Å²) in [6.45, 7) is 10.5. The molecule has 4 unspecified atom stereocenters. The lowest BCUT2D eigenvalue weighted by molar-refractivity contribution is -0.125. The third-order valence-corrected chi connectivity index (χ3v) is 4.05. The fraction of sp³-hybridized carbons (Fsp3) is 0.933. The average Bonchev–Trinajstić information content (AvgIpc) is 2.11. The molecule has 1 fully saturated rings. The Hall–Kier alpha value is -0.610. The molecule has 0 aliphatic heterocycles. The molecular weight excluding hydrogens is 240 g/mol. The quantitative estimate of drug-likeness (QED) is 0.804. The van der Waals surface area contributed by atoms with Crippen molar-refractivity contribution in [1.29, 1.82) is 0 Å². The molecule has 0 aromatic rings. The number of carbonyl (C=O) groups is 1. The zero-order valence-electron chi connectivity index (χ0n) is 13.0. The molecule has 0 spiro atoms. The van der Waals surface area contributed by atoms with E-state index in [-0.39, 0.29) is 12.2 Å². The van der Waals surface area contributed by atoms with Crippen molar-refractivity contribution in [2.75, 3.05) is 0 Å². The Balaban J connectivity index is 2.53. The molecule has 0 aromatic carbocycles. The monoisotopic (exact) mass is 270 g/mol. The highest BCUT2D eigenvalue weighted by Gasteiger charge is 2.35. The fourth-order valence-corrected chi connectivity index (χ4v) is 3.44. The van der Waals surface area contributed by atoms with Gasteiger partial charge in [-0.25, -0.2) is 0 Å². The largest absolute Gasteiger partial charge is 0.375 e. The lowest BCUT2D eigenvalue weighted by atomic mass is 9.71. The maximum absolute atomic E-state index is 11.2. The lowest BCUT2D eigenvalue weighted by Gasteiger charge is -2.40. The summed E-state index contributed by atoms with van der Waals surface area (Å²) in [4.78, 5) is 11.2. The topological polar surface area (TPSA) is 78.3 Å². The predicted octanol–water partition coefficient (Wildman–Crippen LogP) is 2.20. The summed E-state index contributed by atoms with van der Waals surface area (Å²) in [5.41, 5.74) is 10.5. The van der Waals surface area contributed by atoms with Crippen LogP contribution in [0.3, 0.4) is 0 Å². The van der Waals surface area contributed by atoms with E-state index in [0.717, 1.165) is 12.8 Å². The van der Waals surface area contributed by atoms with Crippen LogP contribution in [0.15, 0.2) is 0 Å². The molecule has 19 heavy (non-hydrogen) atoms. The smallest absolute Gasteiger partial charge is 0.237 e. The zero-order chi connectivity index (χ0) is 14.8. The van der Waals surface area contributed by atoms with Crippen LogP contribution >= 0.6 is 0 Å². The number of hydrogen-bond acceptors (Lipinski definition) is 3. The van der Waals surface area contributed by atoms with Crippen LogP contribution in [0.2, 0.25) is 0 Å². The molecule has 0 bridgehead atoms. The molecule has 4 heteroatoms. The minimum atomic E-state index is -0.991. The van der Waals surface area contributed by atoms with Gasteiger partial charge in [0, 0.05) is 0 Å². The van der Waals surface area contributed by atoms with E-state index in [4.69, 9.17) is 16.2 Å². The first-order valence-corrected chi connectivity index (χ1v) is 7.26. The van der Waals surface area contributed by atoms with Gasteiger partial charge in [-0.05, 0) is 50.9 Å². The molecule has 1 aliphatic rings. The summed E-state index contributed by atoms with van der Waals surface area (Å²) >= 11 is 0. The number of hydrogen-bond donors (Lipinski definition) is 2. The van der Waals surface area contributed by atoms with Gasteiger partial charge in [0.1, 0.15) is 0 Å². The van der Waals surface area contributed by atoms with Crippen molar-refractivity contribution in [3.05, 3.63) is 0 Å². The van der Waals surface area contributed by atoms with Crippen molar-refractivity contribution in [2.24, 2.45) is 22.8 Å². The van der Waals surface area contributed by atoms with Crippen LogP contribution in [0.25, 0.3) is 0 Å². The summed E-state index contributed by atoms with van der Waals surface area (Å²) in [6, 6.07) is 0. The van der Waals surface area contributed by atoms with Gasteiger partial charge >= 0.3 is 0 Å². The van der Waals surface area contributed by atoms with E-state index < -0.39 is 11.4 Å². The minimum Gasteiger partial charge on any atom is -0.375 e. The lowest BCUT2D eigenvalue weighted by Crippen LogP contribution is -2.51. The van der Waals surface area contributed by atoms with Crippen molar-refractivity contribution in [1.82, 2.24) is 0 Å². The number of nitrogens with two attached hydrogens (primary N) is 2. The molecule has 0 radical (unpaired) electrons. The Morgan fingerprint density at radius 1 is 1.47 bits per heavy atom. The number of carbonyl (C=O) groups excluding carboxylic acids is 1. The summed E-state index contributed by atoms with van der Waals surface area (Å²) in [6.07, 6.45) is 4.08. The summed E-state index contributed by atoms with van der Waals surface area (Å²) < 4.78 is 6.10. The molecule has 0 saturated heterocycles. The first-order chi connectivity index (χ1) is 8.52. The molecular formula is C15H30N2O2. The maximum Gasteiger partial charge on any atom is 0.237 e. The van der Waals surface area contributed by atoms with Gasteiger partial charge in [0.15, 0.2) is 0 Å². The molecule has 1 rings (SSSR count). The van der Waals surface area contributed by atoms with E-state index >= 15 is 0 Å². The van der Waals surface area contributed by atoms with Crippen LogP contribution < -0.4 is 11.5 Å². The Labute approximate surface area is 117 Å². The van der Waals surface area contributed by atoms with Crippen molar-refractivity contribution in [3.8, 4) is 0 Å². The predicted molar refractivity (Wildman–Crippen MR) is 77.5 cm³/mol. The molecule has 0 heterocycles. The number of ether oxygens (including phenoxy) is 1. The van der Waals surface area contributed by atoms with Gasteiger partial charge in [0.05, 0.1) is 17.7 Å². The number of amides is 1. The van der Waals surface area contributed by atoms with E-state index in [9.17, 15) is 4.79 Å². The van der Waals surface area contributed by atoms with Crippen LogP contribution in [0.4, 0.5) is 0 Å². The van der Waals surface area contributed by atoms with Crippen LogP contribution in [-0.4, -0.2) is 23.7 Å². The van der Waals surface area contributed by atoms with E-state index in [0.29, 0.717) is 17.8 Å². The summed E-state index contributed by atoms with van der Waals surface area (Å²) in [5.74, 6) is 0.210. The van der Waals surface area contributed by atoms with Gasteiger partial charge in [-0.1, -0.05) is 20.8 Å². The molecule has 1 amide bonds. The van der Waals surface area contributed by atoms with Crippen molar-refractivity contribution in [2.45, 2.75) is 78.0 Å². The van der Waals surface area contributed by atoms with Crippen LogP contribution in [0.5, 0.6) is 0 Å². The summed E-state index contributed by atoms with van der Waals surface area (Å²) in [5, 5.41) is 0. The van der Waals surface area contributed by atoms with Gasteiger partial charge in [-0.3, -0.25) is 4.79 Å². The first kappa shape index (κ1) is 16.4. The van der Waals surface area contributed by atoms with E-state index in [2.05, 4.69) is 20.8 Å². The Morgan fingerprint density at radius 3 is 2.53 bits per heavy atom. The van der Waals surface area contributed by atoms with Crippen molar-refractivity contribution >= 4 is 5.91 Å². The Morgan fingerprint density at radius 2 is 2.05 bits per heavy atom. The van der Waals surface area contributed by atoms with Crippen LogP contribution in [0, 0.1) is 11.3 Å². The van der Waals surface area contributed by atoms with Crippen LogP contribution in [-0.2, 0) is 9.53 Å². The van der Waals surface area contributed by atoms with Gasteiger partial charge in [-0.15, -0.1) is 0 Å². The van der Waals surface area contributed by atoms with Gasteiger partial charge < -0.3 is 16.2 Å². The average molecular weight is 270 g/mol. The second kappa shape index (κ2) is 5.80. The van der Waals surface area contributed by atoms with Gasteiger partial charge in [-0.2, -0.15) is 0 Å². The Kier molecular flexibility index (Phi) is 5.02. The molecule has 1 saturated carbocycles. The van der Waals surface area contributed by atoms with Crippen molar-refractivity contribution < 1.29 is 9.53 Å². The number of rotatable bonds is 5. The fourth-order valence-electron chi connectivity index (χ4n) is 3.44. The molecule has 0 aromatic heterocycles. The third-order valence-electron chi connectivity index (χ3n) is 4.05. The third kappa shape index (κ3) is 5.11. The zero-order valence-corrected chi connectivity index (χ0v) is 13.0. The van der Waals surface area contributed by atoms with Crippen molar-refractivity contribution in [3.63, 3.8) is 0 Å². The van der Waals surface area contributed by atoms with Gasteiger partial charge in [0.25, 0.3) is 0 Å². The highest BCUT2D eigenvalue weighted by atomic mass is 16.5. The second-order valence-electron chi connectivity index (χ2n) is 7.47. The van der Waals surface area contributed by atoms with E-state index in [1.165, 1.54) is 6.42 Å². The highest BCUT2D eigenvalue weighted by Crippen LogP contribution is 2.40. The first-order valence-electron chi connectivity index (χ1n) is 7.26. The second-order valence-corrected chi connectivity index (χ2v) is 7.47. The molecule has 112 valence electrons. The molecule has 4 nitrogen and oxygen atoms in total. The number of primary amides is 1. The van der Waals surface area contributed by atoms with E-state index in [1.807, 2.05) is 6.92 Å². The van der Waals surface area contributed by atoms with E-state index in [1.54, 1.807) is 6.92 Å². The molecule has 4 N–H and O–H groups in total. The van der Waals surface area contributed by atoms with Gasteiger partial charge in [0.2, 0.25) is 5.91 Å². The standard InChI is InChI=1S/C15H30N2O2/c1-10-6-12(9-14(3,4)7-10)19-11(2)8-15(5,17)13(16)18/h10-12H,6-9,17H2,1-5H3,(H2,16,18). The molecule has 1 aliphatic carbocycles. The minimum absolute atomic E-state index is 0.0476. The maximum atomic E-state index is 11.2. The Bertz CT molecular complexity index is 326. The SMILES string of the molecule is CC1CC(OC(C)CC(C)(N)C(N)=O)CC(C)(C)C1. The molecule has 4 atom stereocenters. The highest BCUT2D eigenvalue weighted by molar-refractivity contribution is 5.83. The summed E-state index contributed by atoms with van der Waals surface area (Å²) in [7, 11) is 0. The normalized spacial score (nSPS) is 31.5.